The van der Waals surface area contributed by atoms with Crippen molar-refractivity contribution in [1.29, 1.82) is 0 Å². The zero-order valence-corrected chi connectivity index (χ0v) is 11.7. The zero-order chi connectivity index (χ0) is 13.0. The summed E-state index contributed by atoms with van der Waals surface area (Å²) in [6.45, 7) is 2.54. The van der Waals surface area contributed by atoms with Gasteiger partial charge in [-0.1, -0.05) is 38.3 Å². The van der Waals surface area contributed by atoms with Crippen molar-refractivity contribution in [1.82, 2.24) is 0 Å². The number of para-hydroxylation sites is 1. The van der Waals surface area contributed by atoms with Crippen LogP contribution in [0.15, 0.2) is 29.2 Å². The molecule has 0 aromatic heterocycles. The van der Waals surface area contributed by atoms with Gasteiger partial charge < -0.3 is 5.32 Å². The lowest BCUT2D eigenvalue weighted by molar-refractivity contribution is 0.303. The predicted molar refractivity (Wildman–Crippen MR) is 74.6 cm³/mol. The van der Waals surface area contributed by atoms with Crippen molar-refractivity contribution >= 4 is 15.5 Å². The Kier molecular flexibility index (Phi) is 4.27. The van der Waals surface area contributed by atoms with E-state index < -0.39 is 9.84 Å². The van der Waals surface area contributed by atoms with Gasteiger partial charge in [0.05, 0.1) is 16.3 Å². The van der Waals surface area contributed by atoms with Crippen LogP contribution in [0.5, 0.6) is 0 Å². The number of sulfone groups is 1. The Balaban J connectivity index is 2.02. The molecular formula is C14H21NO2S. The summed E-state index contributed by atoms with van der Waals surface area (Å²) < 4.78 is 23.9. The normalized spacial score (nSPS) is 16.3. The summed E-state index contributed by atoms with van der Waals surface area (Å²) in [4.78, 5) is 0.432. The molecule has 4 heteroatoms. The highest BCUT2D eigenvalue weighted by Gasteiger charge is 2.18. The molecule has 0 heterocycles. The third-order valence-electron chi connectivity index (χ3n) is 3.69. The van der Waals surface area contributed by atoms with Crippen LogP contribution < -0.4 is 5.32 Å². The molecule has 2 rings (SSSR count). The van der Waals surface area contributed by atoms with Crippen LogP contribution in [0.25, 0.3) is 0 Å². The Morgan fingerprint density at radius 3 is 2.61 bits per heavy atom. The number of anilines is 1. The van der Waals surface area contributed by atoms with Gasteiger partial charge in [-0.15, -0.1) is 0 Å². The minimum Gasteiger partial charge on any atom is -0.384 e. The summed E-state index contributed by atoms with van der Waals surface area (Å²) >= 11 is 0. The summed E-state index contributed by atoms with van der Waals surface area (Å²) in [7, 11) is -3.13. The Morgan fingerprint density at radius 2 is 2.00 bits per heavy atom. The molecule has 1 aromatic rings. The molecule has 0 radical (unpaired) electrons. The maximum atomic E-state index is 11.9. The van der Waals surface area contributed by atoms with Crippen LogP contribution in [0.3, 0.4) is 0 Å². The van der Waals surface area contributed by atoms with E-state index in [1.54, 1.807) is 19.1 Å². The third kappa shape index (κ3) is 3.05. The average molecular weight is 267 g/mol. The number of benzene rings is 1. The van der Waals surface area contributed by atoms with Gasteiger partial charge >= 0.3 is 0 Å². The van der Waals surface area contributed by atoms with Crippen molar-refractivity contribution < 1.29 is 8.42 Å². The molecule has 18 heavy (non-hydrogen) atoms. The summed E-state index contributed by atoms with van der Waals surface area (Å²) in [5.41, 5.74) is 0.749. The van der Waals surface area contributed by atoms with Crippen LogP contribution >= 0.6 is 0 Å². The quantitative estimate of drug-likeness (QED) is 0.861. The first-order chi connectivity index (χ1) is 8.63. The van der Waals surface area contributed by atoms with E-state index in [1.165, 1.54) is 19.3 Å². The van der Waals surface area contributed by atoms with Crippen molar-refractivity contribution in [3.63, 3.8) is 0 Å². The highest BCUT2D eigenvalue weighted by molar-refractivity contribution is 7.91. The minimum absolute atomic E-state index is 0.147. The second-order valence-electron chi connectivity index (χ2n) is 4.91. The molecule has 0 saturated heterocycles. The molecule has 0 bridgehead atoms. The Morgan fingerprint density at radius 1 is 1.28 bits per heavy atom. The van der Waals surface area contributed by atoms with Crippen LogP contribution in [0.1, 0.15) is 32.6 Å². The first-order valence-corrected chi connectivity index (χ1v) is 8.34. The summed E-state index contributed by atoms with van der Waals surface area (Å²) in [6.07, 6.45) is 5.15. The fourth-order valence-electron chi connectivity index (χ4n) is 2.23. The van der Waals surface area contributed by atoms with Crippen LogP contribution in [0.2, 0.25) is 0 Å². The van der Waals surface area contributed by atoms with Gasteiger partial charge in [0.1, 0.15) is 0 Å². The number of hydrogen-bond acceptors (Lipinski definition) is 3. The molecule has 1 N–H and O–H groups in total. The maximum absolute atomic E-state index is 11.9. The van der Waals surface area contributed by atoms with Gasteiger partial charge in [0, 0.05) is 6.54 Å². The molecule has 0 aliphatic heterocycles. The van der Waals surface area contributed by atoms with Crippen molar-refractivity contribution in [3.8, 4) is 0 Å². The van der Waals surface area contributed by atoms with Crippen molar-refractivity contribution in [2.75, 3.05) is 17.6 Å². The van der Waals surface area contributed by atoms with E-state index in [0.717, 1.165) is 24.6 Å². The Bertz CT molecular complexity index is 492. The van der Waals surface area contributed by atoms with E-state index in [4.69, 9.17) is 0 Å². The van der Waals surface area contributed by atoms with Crippen LogP contribution in [0, 0.1) is 5.92 Å². The predicted octanol–water partition coefficient (Wildman–Crippen LogP) is 3.08. The molecule has 100 valence electrons. The molecule has 0 atom stereocenters. The monoisotopic (exact) mass is 267 g/mol. The van der Waals surface area contributed by atoms with Crippen LogP contribution in [-0.2, 0) is 9.84 Å². The Labute approximate surface area is 110 Å². The molecule has 1 saturated carbocycles. The van der Waals surface area contributed by atoms with Gasteiger partial charge in [-0.3, -0.25) is 0 Å². The first-order valence-electron chi connectivity index (χ1n) is 6.69. The molecule has 1 aliphatic rings. The molecule has 1 aliphatic carbocycles. The highest BCUT2D eigenvalue weighted by atomic mass is 32.2. The van der Waals surface area contributed by atoms with E-state index in [-0.39, 0.29) is 5.75 Å². The maximum Gasteiger partial charge on any atom is 0.180 e. The molecule has 0 unspecified atom stereocenters. The lowest BCUT2D eigenvalue weighted by atomic mass is 9.83. The summed E-state index contributed by atoms with van der Waals surface area (Å²) in [5.74, 6) is 0.987. The topological polar surface area (TPSA) is 46.2 Å². The van der Waals surface area contributed by atoms with Crippen molar-refractivity contribution in [3.05, 3.63) is 24.3 Å². The van der Waals surface area contributed by atoms with Gasteiger partial charge in [0.25, 0.3) is 0 Å². The van der Waals surface area contributed by atoms with Crippen molar-refractivity contribution in [2.24, 2.45) is 5.92 Å². The molecule has 1 aromatic carbocycles. The van der Waals surface area contributed by atoms with Gasteiger partial charge in [0.2, 0.25) is 0 Å². The highest BCUT2D eigenvalue weighted by Crippen LogP contribution is 2.29. The molecule has 0 spiro atoms. The van der Waals surface area contributed by atoms with Gasteiger partial charge in [-0.25, -0.2) is 8.42 Å². The number of rotatable bonds is 6. The lowest BCUT2D eigenvalue weighted by Gasteiger charge is -2.25. The average Bonchev–Trinajstić information content (AvgIpc) is 2.33. The molecular weight excluding hydrogens is 246 g/mol. The second kappa shape index (κ2) is 5.74. The van der Waals surface area contributed by atoms with Crippen LogP contribution in [0.4, 0.5) is 5.69 Å². The van der Waals surface area contributed by atoms with Gasteiger partial charge in [0.15, 0.2) is 9.84 Å². The zero-order valence-electron chi connectivity index (χ0n) is 10.9. The van der Waals surface area contributed by atoms with Gasteiger partial charge in [-0.05, 0) is 24.5 Å². The summed E-state index contributed by atoms with van der Waals surface area (Å²) in [5, 5.41) is 3.27. The van der Waals surface area contributed by atoms with Crippen LogP contribution in [-0.4, -0.2) is 20.7 Å². The number of hydrogen-bond donors (Lipinski definition) is 1. The smallest absolute Gasteiger partial charge is 0.180 e. The third-order valence-corrected chi connectivity index (χ3v) is 5.48. The lowest BCUT2D eigenvalue weighted by Crippen LogP contribution is -2.16. The largest absolute Gasteiger partial charge is 0.384 e. The van der Waals surface area contributed by atoms with Gasteiger partial charge in [-0.2, -0.15) is 0 Å². The summed E-state index contributed by atoms with van der Waals surface area (Å²) in [6, 6.07) is 7.19. The fourth-order valence-corrected chi connectivity index (χ4v) is 3.30. The molecule has 3 nitrogen and oxygen atoms in total. The van der Waals surface area contributed by atoms with E-state index in [9.17, 15) is 8.42 Å². The van der Waals surface area contributed by atoms with Crippen molar-refractivity contribution in [2.45, 2.75) is 37.5 Å². The standard InChI is InChI=1S/C14H21NO2S/c1-2-18(16,17)14-9-4-3-8-13(14)15-11-10-12-6-5-7-12/h3-4,8-9,12,15H,2,5-7,10-11H2,1H3. The van der Waals surface area contributed by atoms with E-state index in [2.05, 4.69) is 5.32 Å². The molecule has 0 amide bonds. The molecule has 1 fully saturated rings. The minimum atomic E-state index is -3.13. The number of nitrogens with one attached hydrogen (secondary N) is 1. The van der Waals surface area contributed by atoms with E-state index >= 15 is 0 Å². The first kappa shape index (κ1) is 13.4. The van der Waals surface area contributed by atoms with E-state index in [0.29, 0.717) is 4.90 Å². The van der Waals surface area contributed by atoms with E-state index in [1.807, 2.05) is 12.1 Å². The SMILES string of the molecule is CCS(=O)(=O)c1ccccc1NCCC1CCC1. The second-order valence-corrected chi connectivity index (χ2v) is 7.16. The fraction of sp³-hybridized carbons (Fsp3) is 0.571. The Hall–Kier alpha value is -1.03.